The number of anilines is 2. The van der Waals surface area contributed by atoms with E-state index in [0.717, 1.165) is 0 Å². The third-order valence-electron chi connectivity index (χ3n) is 3.76. The third-order valence-corrected chi connectivity index (χ3v) is 3.76. The van der Waals surface area contributed by atoms with Crippen LogP contribution in [0.15, 0.2) is 18.2 Å². The molecular formula is C20H27Fm2N3O9-2. The molecule has 0 spiro atoms. The smallest absolute Gasteiger partial charge is 0.305 e. The van der Waals surface area contributed by atoms with Crippen LogP contribution in [0.5, 0.6) is 0 Å². The fraction of sp³-hybridized carbons (Fsp3) is 0.500. The summed E-state index contributed by atoms with van der Waals surface area (Å²) in [5.74, 6) is -1.27. The fourth-order valence-electron chi connectivity index (χ4n) is 2.27. The van der Waals surface area contributed by atoms with Crippen LogP contribution in [0.2, 0.25) is 0 Å². The maximum atomic E-state index is 12.2. The van der Waals surface area contributed by atoms with Crippen molar-refractivity contribution in [2.24, 2.45) is 0 Å². The second kappa shape index (κ2) is 19.9. The van der Waals surface area contributed by atoms with Gasteiger partial charge in [-0.2, -0.15) is 11.4 Å². The van der Waals surface area contributed by atoms with E-state index in [4.69, 9.17) is 24.1 Å². The molecule has 0 aromatic heterocycles. The summed E-state index contributed by atoms with van der Waals surface area (Å²) in [7, 11) is 0. The molecule has 0 atom stereocenters. The standard InChI is InChI=1S/C20H27N3O9.2Fm/c24-14-22-17-2-1-16(13-18(17)23-15-25)20(28)21-4-6-30-8-10-32-12-11-31-9-7-29-5-3-19(26)27;;/h1-2,13H,3-12H2,(H,21,28)(H,22,24)(H,23,25)(H,26,27);;/q-2;;. The average Bonchev–Trinajstić information content (AvgIpc) is 2.77. The first-order valence-corrected chi connectivity index (χ1v) is 9.79. The Morgan fingerprint density at radius 1 is 0.765 bits per heavy atom. The molecule has 4 N–H and O–H groups in total. The van der Waals surface area contributed by atoms with Crippen molar-refractivity contribution in [1.29, 1.82) is 0 Å². The molecule has 0 radical (unpaired) electrons. The number of carbonyl (C=O) groups excluding carboxylic acids is 3. The summed E-state index contributed by atoms with van der Waals surface area (Å²) in [5.41, 5.74) is 0.798. The number of carbonyl (C=O) groups is 2. The molecule has 14 heteroatoms. The van der Waals surface area contributed by atoms with Crippen molar-refractivity contribution in [2.45, 2.75) is 6.42 Å². The van der Waals surface area contributed by atoms with Crippen molar-refractivity contribution in [3.8, 4) is 0 Å². The zero-order chi connectivity index (χ0) is 23.4. The molecule has 34 heavy (non-hydrogen) atoms. The van der Waals surface area contributed by atoms with Gasteiger partial charge in [0.2, 0.25) is 5.91 Å². The van der Waals surface area contributed by atoms with Crippen LogP contribution in [-0.2, 0) is 33.3 Å². The van der Waals surface area contributed by atoms with E-state index in [2.05, 4.69) is 16.0 Å². The molecule has 1 aromatic carbocycles. The van der Waals surface area contributed by atoms with Gasteiger partial charge < -0.3 is 49.6 Å². The number of nitrogens with one attached hydrogen (secondary N) is 3. The quantitative estimate of drug-likeness (QED) is 0.0797. The predicted octanol–water partition coefficient (Wildman–Crippen LogP) is -0.0843. The molecule has 0 aliphatic rings. The van der Waals surface area contributed by atoms with Gasteiger partial charge in [0.05, 0.1) is 72.1 Å². The van der Waals surface area contributed by atoms with Gasteiger partial charge in [-0.3, -0.25) is 9.59 Å². The van der Waals surface area contributed by atoms with Crippen molar-refractivity contribution < 1.29 is 43.2 Å². The van der Waals surface area contributed by atoms with Crippen molar-refractivity contribution in [3.05, 3.63) is 23.8 Å². The molecular weight excluding hydrogens is 940 g/mol. The molecule has 0 aliphatic carbocycles. The van der Waals surface area contributed by atoms with Gasteiger partial charge >= 0.3 is 5.97 Å². The first-order valence-electron chi connectivity index (χ1n) is 9.79. The van der Waals surface area contributed by atoms with Gasteiger partial charge in [0.1, 0.15) is 0 Å². The minimum Gasteiger partial charge on any atom is -0.503 e. The van der Waals surface area contributed by atoms with E-state index < -0.39 is 5.97 Å². The number of hydrogen-bond donors (Lipinski definition) is 4. The molecule has 3 amide bonds. The summed E-state index contributed by atoms with van der Waals surface area (Å²) in [6.45, 7) is 2.89. The number of carboxylic acids is 1. The summed E-state index contributed by atoms with van der Waals surface area (Å²) in [5, 5.41) is 15.7. The molecule has 1 rings (SSSR count). The maximum Gasteiger partial charge on any atom is 0.305 e. The van der Waals surface area contributed by atoms with Gasteiger partial charge in [0.15, 0.2) is 0 Å². The van der Waals surface area contributed by atoms with Crippen LogP contribution in [0, 0.1) is 0 Å². The number of ether oxygens (including phenoxy) is 4. The van der Waals surface area contributed by atoms with Gasteiger partial charge in [-0.15, -0.1) is 12.1 Å². The van der Waals surface area contributed by atoms with Crippen LogP contribution in [0.1, 0.15) is 16.8 Å². The normalized spacial score (nSPS) is 9.76. The van der Waals surface area contributed by atoms with Gasteiger partial charge in [0.25, 0.3) is 0 Å². The second-order valence-corrected chi connectivity index (χ2v) is 6.06. The van der Waals surface area contributed by atoms with Crippen molar-refractivity contribution in [2.75, 3.05) is 70.0 Å². The van der Waals surface area contributed by atoms with Crippen molar-refractivity contribution >= 4 is 36.1 Å². The first kappa shape index (κ1) is 31.1. The van der Waals surface area contributed by atoms with E-state index in [1.54, 1.807) is 0 Å². The van der Waals surface area contributed by atoms with Crippen LogP contribution >= 0.6 is 0 Å². The van der Waals surface area contributed by atoms with Crippen LogP contribution in [0.3, 0.4) is 0 Å². The van der Waals surface area contributed by atoms with Crippen LogP contribution in [-0.4, -0.2) is 89.2 Å². The third kappa shape index (κ3) is 14.0. The summed E-state index contributed by atoms with van der Waals surface area (Å²) < 4.78 is 21.0. The zero-order valence-electron chi connectivity index (χ0n) is 18.1. The van der Waals surface area contributed by atoms with Gasteiger partial charge in [0, 0.05) is 12.1 Å². The van der Waals surface area contributed by atoms with Crippen molar-refractivity contribution in [3.63, 3.8) is 0 Å². The van der Waals surface area contributed by atoms with E-state index >= 15 is 0 Å². The number of hydrogen-bond acceptors (Lipinski definition) is 8. The summed E-state index contributed by atoms with van der Waals surface area (Å²) >= 11 is 0. The Balaban J connectivity index is 0. The van der Waals surface area contributed by atoms with Crippen LogP contribution in [0.4, 0.5) is 11.4 Å². The topological polar surface area (TPSA) is 162 Å². The Labute approximate surface area is 185 Å². The van der Waals surface area contributed by atoms with Crippen molar-refractivity contribution in [1.82, 2.24) is 5.32 Å². The van der Waals surface area contributed by atoms with E-state index in [-0.39, 0.29) is 49.0 Å². The van der Waals surface area contributed by atoms with E-state index in [1.807, 2.05) is 0 Å². The Morgan fingerprint density at radius 2 is 1.26 bits per heavy atom. The largest absolute Gasteiger partial charge is 0.503 e. The molecule has 0 aliphatic heterocycles. The number of rotatable bonds is 20. The number of amides is 3. The minimum absolute atomic E-state index is 0. The molecule has 0 saturated heterocycles. The number of benzene rings is 1. The van der Waals surface area contributed by atoms with E-state index in [1.165, 1.54) is 31.0 Å². The molecule has 0 saturated carbocycles. The molecule has 1 aromatic rings. The zero-order valence-corrected chi connectivity index (χ0v) is 22.9. The molecule has 0 bridgehead atoms. The summed E-state index contributed by atoms with van der Waals surface area (Å²) in [6.07, 6.45) is 2.95. The van der Waals surface area contributed by atoms with Crippen LogP contribution < -0.4 is 16.0 Å². The summed E-state index contributed by atoms with van der Waals surface area (Å²) in [6, 6.07) is 4.35. The van der Waals surface area contributed by atoms with Gasteiger partial charge in [-0.1, -0.05) is 6.07 Å². The SMILES string of the molecule is O=[C-]Nc1ccc(C(=O)NCCOCCOCCOCCOCCC(=O)O)cc1N[C-]=O.[Fm].[Fm]. The first-order chi connectivity index (χ1) is 15.6. The monoisotopic (exact) mass is 967 g/mol. The maximum absolute atomic E-state index is 12.2. The molecule has 202 valence electrons. The molecule has 0 heterocycles. The Morgan fingerprint density at radius 3 is 1.79 bits per heavy atom. The minimum atomic E-state index is -0.900. The van der Waals surface area contributed by atoms with E-state index in [9.17, 15) is 19.2 Å². The number of aliphatic carboxylic acids is 1. The Kier molecular flexibility index (Phi) is 18.2. The van der Waals surface area contributed by atoms with E-state index in [0.29, 0.717) is 39.6 Å². The fourth-order valence-corrected chi connectivity index (χ4v) is 2.27. The molecule has 0 unspecified atom stereocenters. The Hall–Kier alpha value is -5.06. The molecule has 12 nitrogen and oxygen atoms in total. The predicted molar refractivity (Wildman–Crippen MR) is 113 cm³/mol. The Bertz CT molecular complexity index is 727. The second-order valence-electron chi connectivity index (χ2n) is 6.06. The average molecular weight is 967 g/mol. The van der Waals surface area contributed by atoms with Crippen LogP contribution in [0.25, 0.3) is 0 Å². The number of carboxylic acid groups (broad SMARTS) is 1. The molecule has 0 fully saturated rings. The van der Waals surface area contributed by atoms with Gasteiger partial charge in [-0.05, 0) is 0 Å². The summed E-state index contributed by atoms with van der Waals surface area (Å²) in [4.78, 5) is 43.4. The van der Waals surface area contributed by atoms with Gasteiger partial charge in [-0.25, -0.2) is 0 Å².